The summed E-state index contributed by atoms with van der Waals surface area (Å²) in [6.07, 6.45) is -5.65. The number of ether oxygens (including phenoxy) is 1. The van der Waals surface area contributed by atoms with E-state index in [0.29, 0.717) is 31.6 Å². The number of aryl methyl sites for hydroxylation is 2. The molecule has 0 radical (unpaired) electrons. The third kappa shape index (κ3) is 6.00. The molecule has 2 heterocycles. The van der Waals surface area contributed by atoms with E-state index in [0.717, 1.165) is 30.1 Å². The van der Waals surface area contributed by atoms with Crippen LogP contribution >= 0.6 is 0 Å². The zero-order valence-electron chi connectivity index (χ0n) is 17.7. The third-order valence-corrected chi connectivity index (χ3v) is 5.84. The molecular weight excluding hydrogens is 452 g/mol. The number of benzene rings is 1. The molecule has 0 N–H and O–H groups in total. The molecule has 0 atom stereocenters. The van der Waals surface area contributed by atoms with Crippen molar-refractivity contribution < 1.29 is 35.9 Å². The van der Waals surface area contributed by atoms with Gasteiger partial charge in [0, 0.05) is 13.1 Å². The van der Waals surface area contributed by atoms with Crippen LogP contribution in [0, 0.1) is 5.92 Å². The zero-order chi connectivity index (χ0) is 23.8. The first-order valence-electron chi connectivity index (χ1n) is 10.7. The molecule has 0 bridgehead atoms. The first-order chi connectivity index (χ1) is 15.5. The van der Waals surface area contributed by atoms with Crippen LogP contribution in [0.4, 0.5) is 31.1 Å². The molecule has 1 amide bonds. The highest BCUT2D eigenvalue weighted by molar-refractivity contribution is 5.67. The lowest BCUT2D eigenvalue weighted by Gasteiger charge is -2.20. The standard InChI is InChI=1S/C22H23F6N3O2/c23-21(24,25)16-8-15(9-17(10-16)22(26,27)28)13-33-20(32)30-6-1-7-31-19(12-30)11-18(29-31)5-4-14-2-3-14/h8-11,14H,1-7,12-13H2. The number of carbonyl (C=O) groups excluding carboxylic acids is 1. The average Bonchev–Trinajstić information content (AvgIpc) is 3.52. The SMILES string of the molecule is O=C(OCc1cc(C(F)(F)F)cc(C(F)(F)F)c1)N1CCCn2nc(CCC3CC3)cc2C1. The minimum absolute atomic E-state index is 0.0437. The van der Waals surface area contributed by atoms with E-state index >= 15 is 0 Å². The minimum atomic E-state index is -4.96. The van der Waals surface area contributed by atoms with Gasteiger partial charge in [0.25, 0.3) is 0 Å². The Kier molecular flexibility index (Phi) is 6.32. The predicted molar refractivity (Wildman–Crippen MR) is 105 cm³/mol. The normalized spacial score (nSPS) is 17.0. The van der Waals surface area contributed by atoms with E-state index in [9.17, 15) is 31.1 Å². The molecule has 1 aromatic carbocycles. The van der Waals surface area contributed by atoms with E-state index in [-0.39, 0.29) is 18.2 Å². The number of halogens is 6. The van der Waals surface area contributed by atoms with Gasteiger partial charge in [-0.25, -0.2) is 4.79 Å². The molecule has 0 spiro atoms. The second kappa shape index (κ2) is 8.90. The van der Waals surface area contributed by atoms with Gasteiger partial charge in [0.2, 0.25) is 0 Å². The van der Waals surface area contributed by atoms with E-state index in [2.05, 4.69) is 5.10 Å². The fourth-order valence-electron chi connectivity index (χ4n) is 3.90. The summed E-state index contributed by atoms with van der Waals surface area (Å²) in [5.41, 5.74) is -1.49. The fraction of sp³-hybridized carbons (Fsp3) is 0.545. The molecular formula is C22H23F6N3O2. The number of rotatable bonds is 5. The molecule has 0 unspecified atom stereocenters. The van der Waals surface area contributed by atoms with Crippen LogP contribution in [-0.4, -0.2) is 27.3 Å². The monoisotopic (exact) mass is 475 g/mol. The second-order valence-corrected chi connectivity index (χ2v) is 8.58. The lowest BCUT2D eigenvalue weighted by Crippen LogP contribution is -2.31. The molecule has 1 aliphatic carbocycles. The molecule has 11 heteroatoms. The quantitative estimate of drug-likeness (QED) is 0.513. The summed E-state index contributed by atoms with van der Waals surface area (Å²) in [4.78, 5) is 13.9. The molecule has 5 nitrogen and oxygen atoms in total. The Morgan fingerprint density at radius 1 is 1.00 bits per heavy atom. The van der Waals surface area contributed by atoms with E-state index in [1.165, 1.54) is 17.7 Å². The molecule has 2 aliphatic rings. The van der Waals surface area contributed by atoms with Crippen LogP contribution in [0.3, 0.4) is 0 Å². The maximum absolute atomic E-state index is 13.0. The van der Waals surface area contributed by atoms with Crippen LogP contribution in [-0.2, 0) is 43.2 Å². The van der Waals surface area contributed by atoms with Gasteiger partial charge >= 0.3 is 18.4 Å². The van der Waals surface area contributed by atoms with Crippen molar-refractivity contribution in [2.75, 3.05) is 6.54 Å². The number of hydrogen-bond donors (Lipinski definition) is 0. The van der Waals surface area contributed by atoms with Crippen molar-refractivity contribution in [3.05, 3.63) is 52.3 Å². The molecule has 1 saturated carbocycles. The van der Waals surface area contributed by atoms with E-state index < -0.39 is 36.2 Å². The summed E-state index contributed by atoms with van der Waals surface area (Å²) in [6.45, 7) is 0.473. The average molecular weight is 475 g/mol. The van der Waals surface area contributed by atoms with Crippen molar-refractivity contribution in [1.29, 1.82) is 0 Å². The summed E-state index contributed by atoms with van der Waals surface area (Å²) in [5.74, 6) is 0.770. The summed E-state index contributed by atoms with van der Waals surface area (Å²) >= 11 is 0. The smallest absolute Gasteiger partial charge is 0.416 e. The van der Waals surface area contributed by atoms with Crippen LogP contribution in [0.15, 0.2) is 24.3 Å². The van der Waals surface area contributed by atoms with Crippen molar-refractivity contribution in [3.63, 3.8) is 0 Å². The highest BCUT2D eigenvalue weighted by Crippen LogP contribution is 2.36. The molecule has 33 heavy (non-hydrogen) atoms. The number of alkyl halides is 6. The van der Waals surface area contributed by atoms with Crippen LogP contribution in [0.1, 0.15) is 53.8 Å². The molecule has 1 fully saturated rings. The molecule has 180 valence electrons. The Hall–Kier alpha value is -2.72. The van der Waals surface area contributed by atoms with Gasteiger partial charge in [-0.2, -0.15) is 31.4 Å². The van der Waals surface area contributed by atoms with Crippen molar-refractivity contribution in [2.45, 2.75) is 64.2 Å². The molecule has 1 aromatic heterocycles. The summed E-state index contributed by atoms with van der Waals surface area (Å²) in [6, 6.07) is 3.11. The fourth-order valence-corrected chi connectivity index (χ4v) is 3.90. The Labute approximate surface area is 186 Å². The van der Waals surface area contributed by atoms with Crippen molar-refractivity contribution >= 4 is 6.09 Å². The van der Waals surface area contributed by atoms with E-state index in [4.69, 9.17) is 4.74 Å². The third-order valence-electron chi connectivity index (χ3n) is 5.84. The van der Waals surface area contributed by atoms with Gasteiger partial charge < -0.3 is 9.64 Å². The first-order valence-corrected chi connectivity index (χ1v) is 10.7. The van der Waals surface area contributed by atoms with Crippen LogP contribution in [0.25, 0.3) is 0 Å². The van der Waals surface area contributed by atoms with Gasteiger partial charge in [-0.3, -0.25) is 4.68 Å². The summed E-state index contributed by atoms with van der Waals surface area (Å²) < 4.78 is 85.1. The molecule has 1 aliphatic heterocycles. The summed E-state index contributed by atoms with van der Waals surface area (Å²) in [7, 11) is 0. The number of amides is 1. The molecule has 4 rings (SSSR count). The number of aromatic nitrogens is 2. The number of nitrogens with zero attached hydrogens (tertiary/aromatic N) is 3. The van der Waals surface area contributed by atoms with Crippen molar-refractivity contribution in [2.24, 2.45) is 5.92 Å². The van der Waals surface area contributed by atoms with Gasteiger partial charge in [0.15, 0.2) is 0 Å². The van der Waals surface area contributed by atoms with Crippen LogP contribution in [0.5, 0.6) is 0 Å². The van der Waals surface area contributed by atoms with E-state index in [1.54, 1.807) is 0 Å². The number of carbonyl (C=O) groups is 1. The topological polar surface area (TPSA) is 47.4 Å². The van der Waals surface area contributed by atoms with Crippen LogP contribution < -0.4 is 0 Å². The van der Waals surface area contributed by atoms with Gasteiger partial charge in [-0.05, 0) is 55.0 Å². The van der Waals surface area contributed by atoms with Gasteiger partial charge in [0.1, 0.15) is 6.61 Å². The number of hydrogen-bond acceptors (Lipinski definition) is 3. The summed E-state index contributed by atoms with van der Waals surface area (Å²) in [5, 5.41) is 4.59. The second-order valence-electron chi connectivity index (χ2n) is 8.58. The van der Waals surface area contributed by atoms with E-state index in [1.807, 2.05) is 10.7 Å². The van der Waals surface area contributed by atoms with Gasteiger partial charge in [0.05, 0.1) is 29.1 Å². The van der Waals surface area contributed by atoms with Crippen molar-refractivity contribution in [1.82, 2.24) is 14.7 Å². The highest BCUT2D eigenvalue weighted by Gasteiger charge is 2.37. The Morgan fingerprint density at radius 3 is 2.27 bits per heavy atom. The van der Waals surface area contributed by atoms with Crippen molar-refractivity contribution in [3.8, 4) is 0 Å². The molecule has 2 aromatic rings. The lowest BCUT2D eigenvalue weighted by atomic mass is 10.1. The number of fused-ring (bicyclic) bond motifs is 1. The Balaban J connectivity index is 1.42. The Bertz CT molecular complexity index is 978. The maximum atomic E-state index is 13.0. The lowest BCUT2D eigenvalue weighted by molar-refractivity contribution is -0.143. The largest absolute Gasteiger partial charge is 0.445 e. The first kappa shape index (κ1) is 23.4. The minimum Gasteiger partial charge on any atom is -0.445 e. The zero-order valence-corrected chi connectivity index (χ0v) is 17.7. The predicted octanol–water partition coefficient (Wildman–Crippen LogP) is 5.81. The highest BCUT2D eigenvalue weighted by atomic mass is 19.4. The molecule has 0 saturated heterocycles. The van der Waals surface area contributed by atoms with Gasteiger partial charge in [-0.1, -0.05) is 12.8 Å². The van der Waals surface area contributed by atoms with Gasteiger partial charge in [-0.15, -0.1) is 0 Å². The van der Waals surface area contributed by atoms with Crippen LogP contribution in [0.2, 0.25) is 0 Å². The Morgan fingerprint density at radius 2 is 1.67 bits per heavy atom. The maximum Gasteiger partial charge on any atom is 0.416 e.